The third kappa shape index (κ3) is 2.86. The minimum Gasteiger partial charge on any atom is -0.328 e. The Kier molecular flexibility index (Phi) is 4.59. The summed E-state index contributed by atoms with van der Waals surface area (Å²) in [6.07, 6.45) is 0.550. The molecule has 2 aromatic rings. The zero-order chi connectivity index (χ0) is 18.8. The zero-order valence-corrected chi connectivity index (χ0v) is 14.6. The van der Waals surface area contributed by atoms with Gasteiger partial charge in [-0.1, -0.05) is 12.1 Å². The van der Waals surface area contributed by atoms with Crippen LogP contribution in [0.1, 0.15) is 11.1 Å². The summed E-state index contributed by atoms with van der Waals surface area (Å²) in [5.74, 6) is 0. The molecule has 1 aliphatic heterocycles. The van der Waals surface area contributed by atoms with E-state index in [4.69, 9.17) is 4.84 Å². The van der Waals surface area contributed by atoms with Gasteiger partial charge in [-0.2, -0.15) is 0 Å². The predicted molar refractivity (Wildman–Crippen MR) is 98.4 cm³/mol. The maximum atomic E-state index is 12.6. The molecular weight excluding hydrogens is 336 g/mol. The summed E-state index contributed by atoms with van der Waals surface area (Å²) in [5.41, 5.74) is 6.50. The fourth-order valence-corrected chi connectivity index (χ4v) is 2.70. The van der Waals surface area contributed by atoms with Crippen molar-refractivity contribution in [1.82, 2.24) is 0 Å². The molecule has 8 heteroatoms. The molecule has 1 saturated heterocycles. The van der Waals surface area contributed by atoms with E-state index in [1.54, 1.807) is 36.4 Å². The van der Waals surface area contributed by atoms with Crippen molar-refractivity contribution in [2.45, 2.75) is 13.8 Å². The average molecular weight is 354 g/mol. The number of nitrogens with zero attached hydrogens (tertiary/aromatic N) is 2. The molecule has 0 aliphatic carbocycles. The molecular formula is C18H18N4O4. The van der Waals surface area contributed by atoms with Gasteiger partial charge in [-0.25, -0.2) is 19.4 Å². The van der Waals surface area contributed by atoms with E-state index in [9.17, 15) is 14.4 Å². The number of carbonyl (C=O) groups excluding carboxylic acids is 3. The van der Waals surface area contributed by atoms with Crippen LogP contribution in [0.2, 0.25) is 0 Å². The molecule has 0 unspecified atom stereocenters. The molecule has 5 amide bonds. The van der Waals surface area contributed by atoms with E-state index in [1.807, 2.05) is 13.8 Å². The second-order valence-corrected chi connectivity index (χ2v) is 5.80. The van der Waals surface area contributed by atoms with Crippen LogP contribution in [-0.4, -0.2) is 25.6 Å². The highest BCUT2D eigenvalue weighted by molar-refractivity contribution is 6.41. The van der Waals surface area contributed by atoms with E-state index in [1.165, 1.54) is 7.11 Å². The summed E-state index contributed by atoms with van der Waals surface area (Å²) in [7, 11) is 1.48. The fourth-order valence-electron chi connectivity index (χ4n) is 2.70. The van der Waals surface area contributed by atoms with Gasteiger partial charge in [-0.3, -0.25) is 15.1 Å². The van der Waals surface area contributed by atoms with Crippen LogP contribution in [0.4, 0.5) is 32.3 Å². The van der Waals surface area contributed by atoms with Gasteiger partial charge >= 0.3 is 12.1 Å². The molecule has 0 atom stereocenters. The Labute approximate surface area is 150 Å². The number of benzene rings is 2. The molecule has 1 aliphatic rings. The highest BCUT2D eigenvalue weighted by atomic mass is 16.6. The Balaban J connectivity index is 1.87. The van der Waals surface area contributed by atoms with Gasteiger partial charge in [-0.05, 0) is 49.2 Å². The molecule has 8 nitrogen and oxygen atoms in total. The molecule has 0 saturated carbocycles. The van der Waals surface area contributed by atoms with E-state index in [0.29, 0.717) is 29.2 Å². The van der Waals surface area contributed by atoms with Crippen LogP contribution in [-0.2, 0) is 9.63 Å². The van der Waals surface area contributed by atoms with Gasteiger partial charge in [0.15, 0.2) is 0 Å². The number of amides is 5. The lowest BCUT2D eigenvalue weighted by Gasteiger charge is -2.39. The highest BCUT2D eigenvalue weighted by Gasteiger charge is 2.46. The summed E-state index contributed by atoms with van der Waals surface area (Å²) in [4.78, 5) is 42.9. The van der Waals surface area contributed by atoms with Gasteiger partial charge in [0.1, 0.15) is 0 Å². The molecule has 3 rings (SSSR count). The summed E-state index contributed by atoms with van der Waals surface area (Å²) >= 11 is 0. The van der Waals surface area contributed by atoms with Crippen molar-refractivity contribution >= 4 is 41.2 Å². The van der Waals surface area contributed by atoms with Crippen molar-refractivity contribution in [2.24, 2.45) is 0 Å². The second kappa shape index (κ2) is 6.85. The minimum absolute atomic E-state index is 0.397. The van der Waals surface area contributed by atoms with Crippen LogP contribution in [0.3, 0.4) is 0 Å². The molecule has 2 aromatic carbocycles. The van der Waals surface area contributed by atoms with Gasteiger partial charge in [0.2, 0.25) is 6.41 Å². The number of carbonyl (C=O) groups is 3. The van der Waals surface area contributed by atoms with Gasteiger partial charge in [0.25, 0.3) is 0 Å². The van der Waals surface area contributed by atoms with Crippen molar-refractivity contribution in [3.05, 3.63) is 47.5 Å². The summed E-state index contributed by atoms with van der Waals surface area (Å²) in [5, 5.41) is 2.55. The molecule has 134 valence electrons. The number of hydrogen-bond donors (Lipinski definition) is 2. The van der Waals surface area contributed by atoms with Crippen LogP contribution in [0.15, 0.2) is 36.4 Å². The van der Waals surface area contributed by atoms with Crippen LogP contribution in [0, 0.1) is 13.8 Å². The van der Waals surface area contributed by atoms with E-state index >= 15 is 0 Å². The largest absolute Gasteiger partial charge is 0.345 e. The van der Waals surface area contributed by atoms with Crippen LogP contribution >= 0.6 is 0 Å². The summed E-state index contributed by atoms with van der Waals surface area (Å²) in [6, 6.07) is 9.19. The first-order chi connectivity index (χ1) is 12.5. The number of urea groups is 2. The topological polar surface area (TPSA) is 91.0 Å². The van der Waals surface area contributed by atoms with Crippen LogP contribution in [0.25, 0.3) is 0 Å². The third-order valence-electron chi connectivity index (χ3n) is 4.15. The SMILES string of the molecule is CONc1cc(N2C(=O)N(c3ccc(C)c(NC=O)c3)C2=O)ccc1C. The van der Waals surface area contributed by atoms with Crippen molar-refractivity contribution in [3.63, 3.8) is 0 Å². The standard InChI is InChI=1S/C18H18N4O4/c1-11-4-6-13(8-15(11)19-10-23)21-17(24)22(18(21)25)14-7-5-12(2)16(9-14)20-26-3/h4-10,20H,1-3H3,(H,19,23). The Morgan fingerprint density at radius 2 is 1.38 bits per heavy atom. The van der Waals surface area contributed by atoms with E-state index in [0.717, 1.165) is 20.9 Å². The second-order valence-electron chi connectivity index (χ2n) is 5.80. The van der Waals surface area contributed by atoms with Crippen LogP contribution in [0.5, 0.6) is 0 Å². The number of rotatable bonds is 6. The molecule has 0 aromatic heterocycles. The van der Waals surface area contributed by atoms with E-state index < -0.39 is 12.1 Å². The third-order valence-corrected chi connectivity index (χ3v) is 4.15. The van der Waals surface area contributed by atoms with Crippen molar-refractivity contribution in [2.75, 3.05) is 27.7 Å². The average Bonchev–Trinajstić information content (AvgIpc) is 2.61. The highest BCUT2D eigenvalue weighted by Crippen LogP contribution is 2.34. The van der Waals surface area contributed by atoms with Crippen molar-refractivity contribution < 1.29 is 19.2 Å². The van der Waals surface area contributed by atoms with Crippen molar-refractivity contribution in [3.8, 4) is 0 Å². The van der Waals surface area contributed by atoms with E-state index in [-0.39, 0.29) is 0 Å². The number of imide groups is 2. The van der Waals surface area contributed by atoms with Gasteiger partial charge in [-0.15, -0.1) is 0 Å². The quantitative estimate of drug-likeness (QED) is 0.613. The molecule has 2 N–H and O–H groups in total. The molecule has 0 spiro atoms. The first-order valence-electron chi connectivity index (χ1n) is 7.86. The van der Waals surface area contributed by atoms with E-state index in [2.05, 4.69) is 10.8 Å². The Bertz CT molecular complexity index is 881. The molecule has 26 heavy (non-hydrogen) atoms. The predicted octanol–water partition coefficient (Wildman–Crippen LogP) is 3.41. The first-order valence-corrected chi connectivity index (χ1v) is 7.86. The maximum absolute atomic E-state index is 12.6. The van der Waals surface area contributed by atoms with Crippen molar-refractivity contribution in [1.29, 1.82) is 0 Å². The number of anilines is 4. The number of hydrogen-bond acceptors (Lipinski definition) is 5. The van der Waals surface area contributed by atoms with Gasteiger partial charge in [0.05, 0.1) is 24.2 Å². The Hall–Kier alpha value is -3.39. The first kappa shape index (κ1) is 17.4. The lowest BCUT2D eigenvalue weighted by atomic mass is 10.1. The van der Waals surface area contributed by atoms with Gasteiger partial charge in [0, 0.05) is 5.69 Å². The molecule has 1 fully saturated rings. The monoisotopic (exact) mass is 354 g/mol. The Morgan fingerprint density at radius 1 is 0.885 bits per heavy atom. The normalized spacial score (nSPS) is 13.5. The molecule has 1 heterocycles. The smallest absolute Gasteiger partial charge is 0.328 e. The summed E-state index contributed by atoms with van der Waals surface area (Å²) in [6.45, 7) is 3.70. The van der Waals surface area contributed by atoms with Gasteiger partial charge < -0.3 is 5.32 Å². The Morgan fingerprint density at radius 3 is 1.88 bits per heavy atom. The zero-order valence-electron chi connectivity index (χ0n) is 14.6. The molecule has 0 bridgehead atoms. The number of aryl methyl sites for hydroxylation is 2. The van der Waals surface area contributed by atoms with Crippen LogP contribution < -0.4 is 20.6 Å². The summed E-state index contributed by atoms with van der Waals surface area (Å²) < 4.78 is 0. The minimum atomic E-state index is -0.469. The fraction of sp³-hybridized carbons (Fsp3) is 0.167. The molecule has 0 radical (unpaired) electrons. The maximum Gasteiger partial charge on any atom is 0.345 e. The number of nitrogens with one attached hydrogen (secondary N) is 2. The lowest BCUT2D eigenvalue weighted by molar-refractivity contribution is -0.105. The lowest BCUT2D eigenvalue weighted by Crippen LogP contribution is -2.64.